The summed E-state index contributed by atoms with van der Waals surface area (Å²) in [5, 5.41) is 59.3. The van der Waals surface area contributed by atoms with Crippen molar-refractivity contribution >= 4 is 30.3 Å². The molecule has 1 aliphatic heterocycles. The number of hydrogen-bond donors (Lipinski definition) is 10. The predicted octanol–water partition coefficient (Wildman–Crippen LogP) is 1.98. The van der Waals surface area contributed by atoms with Crippen LogP contribution in [0.25, 0.3) is 0 Å². The summed E-state index contributed by atoms with van der Waals surface area (Å²) in [5.41, 5.74) is 2.71. The molecule has 24 heteroatoms. The van der Waals surface area contributed by atoms with Gasteiger partial charge < -0.3 is 95.5 Å². The Hall–Kier alpha value is -4.27. The number of carbonyl (C=O) groups excluding carboxylic acids is 5. The Morgan fingerprint density at radius 1 is 0.775 bits per heavy atom. The first kappa shape index (κ1) is 62.8. The number of aliphatic hydroxyl groups is 4. The number of nitrogens with one attached hydrogen (secondary N) is 5. The molecule has 2 aliphatic rings. The Balaban J connectivity index is 2.59. The zero-order chi connectivity index (χ0) is 54.1. The molecule has 0 aromatic carbocycles. The first-order valence-electron chi connectivity index (χ1n) is 24.3. The molecule has 2 rings (SSSR count). The van der Waals surface area contributed by atoms with Gasteiger partial charge in [0.05, 0.1) is 43.9 Å². The lowest BCUT2D eigenvalue weighted by Gasteiger charge is -2.47. The number of hydrogen-bond acceptors (Lipinski definition) is 19. The average molecular weight is 1020 g/mol. The molecule has 412 valence electrons. The van der Waals surface area contributed by atoms with E-state index in [1.807, 2.05) is 0 Å². The van der Waals surface area contributed by atoms with Gasteiger partial charge in [-0.05, 0) is 135 Å². The number of alkyl carbamates (subject to hydrolysis) is 3. The smallest absolute Gasteiger partial charge is 0.410 e. The minimum absolute atomic E-state index is 0.00285. The van der Waals surface area contributed by atoms with E-state index in [9.17, 15) is 44.4 Å². The van der Waals surface area contributed by atoms with Crippen LogP contribution in [-0.4, -0.2) is 192 Å². The van der Waals surface area contributed by atoms with Crippen molar-refractivity contribution < 1.29 is 82.3 Å². The summed E-state index contributed by atoms with van der Waals surface area (Å²) < 4.78 is 46.7. The fraction of sp³-hybridized carbons (Fsp3) is 0.851. The van der Waals surface area contributed by atoms with Crippen LogP contribution in [0.4, 0.5) is 19.2 Å². The van der Waals surface area contributed by atoms with Gasteiger partial charge in [0.2, 0.25) is 12.2 Å². The second kappa shape index (κ2) is 28.3. The van der Waals surface area contributed by atoms with E-state index in [-0.39, 0.29) is 32.5 Å². The normalized spacial score (nSPS) is 23.6. The first-order chi connectivity index (χ1) is 32.7. The second-order valence-corrected chi connectivity index (χ2v) is 21.6. The Morgan fingerprint density at radius 3 is 1.86 bits per heavy atom. The van der Waals surface area contributed by atoms with E-state index in [4.69, 9.17) is 43.6 Å². The lowest BCUT2D eigenvalue weighted by molar-refractivity contribution is -0.276. The van der Waals surface area contributed by atoms with Crippen molar-refractivity contribution in [1.82, 2.24) is 31.5 Å². The number of nitrogens with two attached hydrogens (primary N) is 1. The minimum atomic E-state index is -1.82. The summed E-state index contributed by atoms with van der Waals surface area (Å²) >= 11 is 0. The van der Waals surface area contributed by atoms with Crippen LogP contribution in [0.2, 0.25) is 0 Å². The van der Waals surface area contributed by atoms with Gasteiger partial charge in [-0.1, -0.05) is 0 Å². The van der Waals surface area contributed by atoms with E-state index in [0.717, 1.165) is 4.90 Å². The van der Waals surface area contributed by atoms with Gasteiger partial charge in [0.25, 0.3) is 0 Å². The quantitative estimate of drug-likeness (QED) is 0.0397. The summed E-state index contributed by atoms with van der Waals surface area (Å²) in [7, 11) is 1.39. The van der Waals surface area contributed by atoms with E-state index < -0.39 is 127 Å². The van der Waals surface area contributed by atoms with E-state index in [0.29, 0.717) is 38.1 Å². The molecule has 1 heterocycles. The van der Waals surface area contributed by atoms with Crippen molar-refractivity contribution in [2.75, 3.05) is 46.4 Å². The van der Waals surface area contributed by atoms with Crippen LogP contribution in [0, 0.1) is 0 Å². The number of rotatable bonds is 23. The topological polar surface area (TPSA) is 330 Å². The molecule has 1 aliphatic carbocycles. The van der Waals surface area contributed by atoms with Crippen molar-refractivity contribution in [3.05, 3.63) is 11.8 Å². The average Bonchev–Trinajstić information content (AvgIpc) is 3.22. The highest BCUT2D eigenvalue weighted by Crippen LogP contribution is 2.32. The number of aliphatic hydroxyl groups excluding tert-OH is 4. The lowest BCUT2D eigenvalue weighted by Crippen LogP contribution is -2.68. The van der Waals surface area contributed by atoms with Gasteiger partial charge >= 0.3 is 24.4 Å². The lowest BCUT2D eigenvalue weighted by atomic mass is 9.83. The summed E-state index contributed by atoms with van der Waals surface area (Å²) in [6, 6.07) is -4.10. The van der Waals surface area contributed by atoms with Gasteiger partial charge in [0.1, 0.15) is 58.7 Å². The molecule has 11 N–H and O–H groups in total. The Morgan fingerprint density at radius 2 is 1.31 bits per heavy atom. The molecule has 0 unspecified atom stereocenters. The number of carbonyl (C=O) groups is 5. The highest BCUT2D eigenvalue weighted by Gasteiger charge is 2.51. The zero-order valence-corrected chi connectivity index (χ0v) is 44.3. The molecule has 5 amide bonds. The predicted molar refractivity (Wildman–Crippen MR) is 258 cm³/mol. The fourth-order valence-electron chi connectivity index (χ4n) is 7.11. The van der Waals surface area contributed by atoms with E-state index in [1.54, 1.807) is 89.2 Å². The van der Waals surface area contributed by atoms with Crippen LogP contribution in [0.3, 0.4) is 0 Å². The fourth-order valence-corrected chi connectivity index (χ4v) is 7.11. The first-order valence-corrected chi connectivity index (χ1v) is 24.3. The molecule has 0 spiro atoms. The van der Waals surface area contributed by atoms with Gasteiger partial charge in [0.15, 0.2) is 6.29 Å². The third-order valence-corrected chi connectivity index (χ3v) is 10.5. The summed E-state index contributed by atoms with van der Waals surface area (Å²) in [5.74, 6) is -0.573. The maximum absolute atomic E-state index is 13.8. The van der Waals surface area contributed by atoms with Gasteiger partial charge in [-0.15, -0.1) is 0 Å². The Labute approximate surface area is 419 Å². The molecular weight excluding hydrogens is 935 g/mol. The van der Waals surface area contributed by atoms with E-state index >= 15 is 0 Å². The van der Waals surface area contributed by atoms with Crippen molar-refractivity contribution in [1.29, 1.82) is 0 Å². The van der Waals surface area contributed by atoms with Crippen LogP contribution in [0.1, 0.15) is 122 Å². The Kier molecular flexibility index (Phi) is 25.0. The van der Waals surface area contributed by atoms with Gasteiger partial charge in [-0.25, -0.2) is 19.2 Å². The molecule has 0 saturated heterocycles. The molecule has 11 atom stereocenters. The molecule has 1 fully saturated rings. The summed E-state index contributed by atoms with van der Waals surface area (Å²) in [6.07, 6.45) is -11.2. The number of amides is 5. The highest BCUT2D eigenvalue weighted by atomic mass is 16.7. The van der Waals surface area contributed by atoms with Crippen LogP contribution in [0.5, 0.6) is 0 Å². The Bertz CT molecular complexity index is 1710. The maximum atomic E-state index is 13.8. The highest BCUT2D eigenvalue weighted by molar-refractivity contribution is 5.81. The van der Waals surface area contributed by atoms with Crippen molar-refractivity contribution in [3.63, 3.8) is 0 Å². The third-order valence-electron chi connectivity index (χ3n) is 10.5. The SMILES string of the molecule is C[C@@H]([C@@H](O)[C@H](OCCO)O[C@@H]1[C@@H](O)[C@H](O[C@H]2OC(CN)=CC[C@H]2NCCCCNC(=O)OC(C)(C)C)[C@@H](NC(=O)OC(C)(C)C)C[C@H]1NC(=O)[C@@H](O)CCNC(=O)OC(C)(C)C)N(C)C(=O)OC(C)(C)C. The maximum Gasteiger partial charge on any atom is 0.410 e. The van der Waals surface area contributed by atoms with Crippen molar-refractivity contribution in [2.24, 2.45) is 5.73 Å². The van der Waals surface area contributed by atoms with E-state index in [2.05, 4.69) is 26.6 Å². The molecule has 0 aromatic rings. The van der Waals surface area contributed by atoms with Crippen molar-refractivity contribution in [3.8, 4) is 0 Å². The molecular formula is C47H87N7O17. The number of unbranched alkanes of at least 4 members (excludes halogenated alkanes) is 1. The number of ether oxygens (including phenoxy) is 8. The molecule has 0 bridgehead atoms. The second-order valence-electron chi connectivity index (χ2n) is 21.6. The van der Waals surface area contributed by atoms with Crippen LogP contribution < -0.4 is 32.3 Å². The largest absolute Gasteiger partial charge is 0.467 e. The van der Waals surface area contributed by atoms with E-state index in [1.165, 1.54) is 14.0 Å². The number of nitrogens with zero attached hydrogens (tertiary/aromatic N) is 1. The molecule has 1 saturated carbocycles. The van der Waals surface area contributed by atoms with Crippen molar-refractivity contribution in [2.45, 2.75) is 212 Å². The molecule has 0 aromatic heterocycles. The van der Waals surface area contributed by atoms with Crippen LogP contribution in [0.15, 0.2) is 11.8 Å². The standard InChI is InChI=1S/C47H87N7O17/c1-27(54(14)43(63)71-47(11,12)13)33(57)39(64-24-23-55)67-35-30(52-37(59)32(56)19-22-51-41(61)69-45(5,6)7)25-31(53-42(62)70-46(8,9)10)36(34(35)58)66-38-29(18-17-28(26-48)65-38)49-20-15-16-21-50-40(60)68-44(2,3)4/h17,27,29-36,38-39,49,55-58H,15-16,18-26,48H2,1-14H3,(H,50,60)(H,51,61)(H,52,59)(H,53,62)/t27-,29+,30+,31-,32-,33+,34+,35-,36+,38+,39+/m0/s1. The molecule has 0 radical (unpaired) electrons. The zero-order valence-electron chi connectivity index (χ0n) is 44.3. The van der Waals surface area contributed by atoms with Crippen LogP contribution in [-0.2, 0) is 42.7 Å². The van der Waals surface area contributed by atoms with Gasteiger partial charge in [0, 0.05) is 20.1 Å². The summed E-state index contributed by atoms with van der Waals surface area (Å²) in [6.45, 7) is 21.5. The molecule has 71 heavy (non-hydrogen) atoms. The molecule has 24 nitrogen and oxygen atoms in total. The van der Waals surface area contributed by atoms with Crippen LogP contribution >= 0.6 is 0 Å². The third kappa shape index (κ3) is 23.9. The summed E-state index contributed by atoms with van der Waals surface area (Å²) in [4.78, 5) is 66.0. The number of likely N-dealkylation sites (N-methyl/N-ethyl adjacent to an activating group) is 1. The van der Waals surface area contributed by atoms with Gasteiger partial charge in [-0.3, -0.25) is 4.79 Å². The van der Waals surface area contributed by atoms with Gasteiger partial charge in [-0.2, -0.15) is 0 Å². The monoisotopic (exact) mass is 1020 g/mol. The minimum Gasteiger partial charge on any atom is -0.467 e.